The van der Waals surface area contributed by atoms with Crippen molar-refractivity contribution in [2.24, 2.45) is 0 Å². The van der Waals surface area contributed by atoms with Gasteiger partial charge in [0.25, 0.3) is 5.91 Å². The van der Waals surface area contributed by atoms with Gasteiger partial charge in [-0.1, -0.05) is 44.0 Å². The molecule has 3 N–H and O–H groups in total. The second-order valence-electron chi connectivity index (χ2n) is 7.98. The molecule has 7 nitrogen and oxygen atoms in total. The van der Waals surface area contributed by atoms with Gasteiger partial charge in [0.1, 0.15) is 10.8 Å². The van der Waals surface area contributed by atoms with Crippen LogP contribution in [-0.4, -0.2) is 42.4 Å². The van der Waals surface area contributed by atoms with E-state index in [1.54, 1.807) is 6.07 Å². The van der Waals surface area contributed by atoms with Crippen LogP contribution in [0.1, 0.15) is 36.0 Å². The fourth-order valence-corrected chi connectivity index (χ4v) is 4.34. The van der Waals surface area contributed by atoms with Crippen LogP contribution in [0.2, 0.25) is 10.0 Å². The molecule has 1 aliphatic rings. The summed E-state index contributed by atoms with van der Waals surface area (Å²) in [5, 5.41) is 7.76. The third kappa shape index (κ3) is 5.28. The highest BCUT2D eigenvalue weighted by Crippen LogP contribution is 2.37. The highest BCUT2D eigenvalue weighted by Gasteiger charge is 2.29. The molecule has 0 saturated carbocycles. The van der Waals surface area contributed by atoms with E-state index >= 15 is 0 Å². The largest absolute Gasteiger partial charge is 0.353 e. The average Bonchev–Trinajstić information content (AvgIpc) is 3.12. The van der Waals surface area contributed by atoms with E-state index < -0.39 is 11.8 Å². The summed E-state index contributed by atoms with van der Waals surface area (Å²) < 4.78 is 13.5. The lowest BCUT2D eigenvalue weighted by molar-refractivity contribution is -0.123. The van der Waals surface area contributed by atoms with Crippen molar-refractivity contribution in [3.63, 3.8) is 0 Å². The molecule has 1 fully saturated rings. The second-order valence-corrected chi connectivity index (χ2v) is 9.79. The van der Waals surface area contributed by atoms with Crippen LogP contribution in [0.15, 0.2) is 18.2 Å². The fraction of sp³-hybridized carbons (Fsp3) is 0.350. The van der Waals surface area contributed by atoms with Crippen molar-refractivity contribution < 1.29 is 18.8 Å². The minimum Gasteiger partial charge on any atom is -0.353 e. The molecule has 1 saturated heterocycles. The number of carbonyl (C=O) groups is 3. The third-order valence-electron chi connectivity index (χ3n) is 4.54. The van der Waals surface area contributed by atoms with Gasteiger partial charge in [0, 0.05) is 18.0 Å². The lowest BCUT2D eigenvalue weighted by atomic mass is 9.94. The second kappa shape index (κ2) is 9.02. The fourth-order valence-electron chi connectivity index (χ4n) is 2.87. The van der Waals surface area contributed by atoms with E-state index in [1.807, 2.05) is 20.8 Å². The first-order valence-corrected chi connectivity index (χ1v) is 11.0. The molecule has 0 atom stereocenters. The van der Waals surface area contributed by atoms with E-state index in [-0.39, 0.29) is 39.5 Å². The molecular weight excluding hydrogens is 466 g/mol. The number of anilines is 2. The predicted molar refractivity (Wildman–Crippen MR) is 121 cm³/mol. The van der Waals surface area contributed by atoms with Crippen molar-refractivity contribution >= 4 is 63.1 Å². The SMILES string of the molecule is CC(C)(C)c1cc(C(=O)N2CCNC(=O)C2)c(NC(=O)Nc2ccc(F)c(Cl)c2Cl)s1. The number of hydrogen-bond acceptors (Lipinski definition) is 4. The van der Waals surface area contributed by atoms with Crippen LogP contribution >= 0.6 is 34.5 Å². The molecule has 0 aliphatic carbocycles. The molecule has 2 heterocycles. The number of nitrogens with one attached hydrogen (secondary N) is 3. The highest BCUT2D eigenvalue weighted by molar-refractivity contribution is 7.16. The average molecular weight is 487 g/mol. The number of benzene rings is 1. The van der Waals surface area contributed by atoms with Crippen molar-refractivity contribution in [2.75, 3.05) is 30.3 Å². The van der Waals surface area contributed by atoms with Crippen LogP contribution in [0.25, 0.3) is 0 Å². The van der Waals surface area contributed by atoms with Crippen molar-refractivity contribution in [3.05, 3.63) is 44.5 Å². The number of urea groups is 1. The summed E-state index contributed by atoms with van der Waals surface area (Å²) in [6.45, 7) is 6.67. The van der Waals surface area contributed by atoms with Gasteiger partial charge in [-0.3, -0.25) is 14.9 Å². The molecule has 4 amide bonds. The summed E-state index contributed by atoms with van der Waals surface area (Å²) >= 11 is 13.1. The predicted octanol–water partition coefficient (Wildman–Crippen LogP) is 4.71. The van der Waals surface area contributed by atoms with Crippen LogP contribution in [0.5, 0.6) is 0 Å². The topological polar surface area (TPSA) is 90.5 Å². The molecule has 2 aromatic rings. The van der Waals surface area contributed by atoms with Crippen LogP contribution in [-0.2, 0) is 10.2 Å². The van der Waals surface area contributed by atoms with Gasteiger partial charge in [-0.25, -0.2) is 9.18 Å². The number of piperazine rings is 1. The number of carbonyl (C=O) groups excluding carboxylic acids is 3. The molecule has 1 aliphatic heterocycles. The van der Waals surface area contributed by atoms with Crippen molar-refractivity contribution in [1.29, 1.82) is 0 Å². The zero-order valence-corrected chi connectivity index (χ0v) is 19.4. The maximum absolute atomic E-state index is 13.5. The number of rotatable bonds is 3. The minimum absolute atomic E-state index is 0.0468. The van der Waals surface area contributed by atoms with Crippen LogP contribution < -0.4 is 16.0 Å². The molecule has 0 spiro atoms. The number of thiophene rings is 1. The Morgan fingerprint density at radius 2 is 1.90 bits per heavy atom. The van der Waals surface area contributed by atoms with E-state index in [4.69, 9.17) is 23.2 Å². The van der Waals surface area contributed by atoms with E-state index in [9.17, 15) is 18.8 Å². The molecule has 3 rings (SSSR count). The number of nitrogens with zero attached hydrogens (tertiary/aromatic N) is 1. The monoisotopic (exact) mass is 486 g/mol. The van der Waals surface area contributed by atoms with Gasteiger partial charge in [-0.05, 0) is 23.6 Å². The molecule has 1 aromatic heterocycles. The van der Waals surface area contributed by atoms with E-state index in [2.05, 4.69) is 16.0 Å². The van der Waals surface area contributed by atoms with E-state index in [1.165, 1.54) is 22.3 Å². The first kappa shape index (κ1) is 23.3. The van der Waals surface area contributed by atoms with Gasteiger partial charge < -0.3 is 15.5 Å². The summed E-state index contributed by atoms with van der Waals surface area (Å²) in [5.41, 5.74) is 0.158. The maximum Gasteiger partial charge on any atom is 0.324 e. The quantitative estimate of drug-likeness (QED) is 0.548. The third-order valence-corrected chi connectivity index (χ3v) is 6.87. The van der Waals surface area contributed by atoms with Gasteiger partial charge in [-0.15, -0.1) is 11.3 Å². The summed E-state index contributed by atoms with van der Waals surface area (Å²) in [7, 11) is 0. The summed E-state index contributed by atoms with van der Waals surface area (Å²) in [6.07, 6.45) is 0. The van der Waals surface area contributed by atoms with Gasteiger partial charge in [-0.2, -0.15) is 0 Å². The number of amides is 4. The Bertz CT molecular complexity index is 1050. The van der Waals surface area contributed by atoms with Gasteiger partial charge in [0.2, 0.25) is 5.91 Å². The Hall–Kier alpha value is -2.36. The molecule has 0 unspecified atom stereocenters. The summed E-state index contributed by atoms with van der Waals surface area (Å²) in [6, 6.07) is 3.44. The molecule has 166 valence electrons. The molecule has 1 aromatic carbocycles. The van der Waals surface area contributed by atoms with Crippen molar-refractivity contribution in [3.8, 4) is 0 Å². The summed E-state index contributed by atoms with van der Waals surface area (Å²) in [4.78, 5) is 39.7. The van der Waals surface area contributed by atoms with Gasteiger partial charge in [0.15, 0.2) is 0 Å². The van der Waals surface area contributed by atoms with Gasteiger partial charge >= 0.3 is 6.03 Å². The zero-order valence-electron chi connectivity index (χ0n) is 17.1. The lowest BCUT2D eigenvalue weighted by Gasteiger charge is -2.26. The Labute approximate surface area is 192 Å². The Morgan fingerprint density at radius 1 is 1.19 bits per heavy atom. The summed E-state index contributed by atoms with van der Waals surface area (Å²) in [5.74, 6) is -1.29. The minimum atomic E-state index is -0.704. The highest BCUT2D eigenvalue weighted by atomic mass is 35.5. The molecule has 0 bridgehead atoms. The lowest BCUT2D eigenvalue weighted by Crippen LogP contribution is -2.50. The van der Waals surface area contributed by atoms with Gasteiger partial charge in [0.05, 0.1) is 27.8 Å². The van der Waals surface area contributed by atoms with E-state index in [0.717, 1.165) is 10.9 Å². The Kier molecular flexibility index (Phi) is 6.78. The molecular formula is C20H21Cl2FN4O3S. The normalized spacial score (nSPS) is 14.3. The Balaban J connectivity index is 1.86. The molecule has 11 heteroatoms. The number of hydrogen-bond donors (Lipinski definition) is 3. The zero-order chi connectivity index (χ0) is 22.9. The van der Waals surface area contributed by atoms with Crippen LogP contribution in [0.4, 0.5) is 19.9 Å². The van der Waals surface area contributed by atoms with Crippen molar-refractivity contribution in [2.45, 2.75) is 26.2 Å². The molecule has 0 radical (unpaired) electrons. The molecule has 31 heavy (non-hydrogen) atoms. The first-order chi connectivity index (χ1) is 14.5. The van der Waals surface area contributed by atoms with Crippen LogP contribution in [0, 0.1) is 5.82 Å². The van der Waals surface area contributed by atoms with E-state index in [0.29, 0.717) is 23.7 Å². The number of halogens is 3. The standard InChI is InChI=1S/C20H21Cl2FN4O3S/c1-20(2,3)13-8-10(18(29)27-7-6-24-14(28)9-27)17(31-13)26-19(30)25-12-5-4-11(23)15(21)16(12)22/h4-5,8H,6-7,9H2,1-3H3,(H,24,28)(H2,25,26,30). The maximum atomic E-state index is 13.5. The smallest absolute Gasteiger partial charge is 0.324 e. The Morgan fingerprint density at radius 3 is 2.55 bits per heavy atom. The van der Waals surface area contributed by atoms with Crippen molar-refractivity contribution in [1.82, 2.24) is 10.2 Å². The van der Waals surface area contributed by atoms with Crippen LogP contribution in [0.3, 0.4) is 0 Å². The first-order valence-electron chi connectivity index (χ1n) is 9.39.